The first kappa shape index (κ1) is 17.5. The summed E-state index contributed by atoms with van der Waals surface area (Å²) in [4.78, 5) is 26.1. The van der Waals surface area contributed by atoms with E-state index in [9.17, 15) is 9.59 Å². The van der Waals surface area contributed by atoms with E-state index >= 15 is 0 Å². The van der Waals surface area contributed by atoms with Gasteiger partial charge >= 0.3 is 0 Å². The van der Waals surface area contributed by atoms with Crippen molar-refractivity contribution in [2.45, 2.75) is 19.4 Å². The molecule has 0 radical (unpaired) electrons. The lowest BCUT2D eigenvalue weighted by Crippen LogP contribution is -2.43. The van der Waals surface area contributed by atoms with Crippen molar-refractivity contribution in [1.29, 1.82) is 0 Å². The minimum absolute atomic E-state index is 0.155. The normalized spacial score (nSPS) is 16.4. The van der Waals surface area contributed by atoms with E-state index in [2.05, 4.69) is 15.9 Å². The maximum atomic E-state index is 12.6. The van der Waals surface area contributed by atoms with Crippen molar-refractivity contribution in [3.63, 3.8) is 0 Å². The number of methoxy groups -OCH3 is 2. The summed E-state index contributed by atoms with van der Waals surface area (Å²) in [6.07, 6.45) is 0.155. The molecule has 1 aliphatic heterocycles. The summed E-state index contributed by atoms with van der Waals surface area (Å²) in [5.74, 6) is 0.639. The van der Waals surface area contributed by atoms with Crippen LogP contribution in [0.15, 0.2) is 40.9 Å². The lowest BCUT2D eigenvalue weighted by Gasteiger charge is -2.36. The van der Waals surface area contributed by atoms with Crippen molar-refractivity contribution in [2.75, 3.05) is 14.2 Å². The van der Waals surface area contributed by atoms with E-state index in [4.69, 9.17) is 9.47 Å². The maximum Gasteiger partial charge on any atom is 0.234 e. The van der Waals surface area contributed by atoms with E-state index in [1.54, 1.807) is 14.2 Å². The molecule has 0 aromatic heterocycles. The Bertz CT molecular complexity index is 832. The summed E-state index contributed by atoms with van der Waals surface area (Å²) in [5, 5.41) is 0. The molecule has 6 heteroatoms. The van der Waals surface area contributed by atoms with Crippen molar-refractivity contribution in [2.24, 2.45) is 0 Å². The van der Waals surface area contributed by atoms with Crippen molar-refractivity contribution in [3.05, 3.63) is 57.6 Å². The van der Waals surface area contributed by atoms with Gasteiger partial charge in [-0.2, -0.15) is 0 Å². The van der Waals surface area contributed by atoms with Crippen LogP contribution in [-0.4, -0.2) is 30.9 Å². The molecule has 2 aromatic rings. The monoisotopic (exact) mass is 403 g/mol. The molecule has 2 amide bonds. The van der Waals surface area contributed by atoms with E-state index in [0.29, 0.717) is 11.5 Å². The Hall–Kier alpha value is -2.34. The van der Waals surface area contributed by atoms with Gasteiger partial charge in [0.15, 0.2) is 11.5 Å². The average molecular weight is 404 g/mol. The topological polar surface area (TPSA) is 55.8 Å². The Balaban J connectivity index is 2.23. The third kappa shape index (κ3) is 3.14. The fourth-order valence-corrected chi connectivity index (χ4v) is 3.47. The van der Waals surface area contributed by atoms with Gasteiger partial charge in [-0.25, -0.2) is 0 Å². The molecule has 0 saturated heterocycles. The van der Waals surface area contributed by atoms with E-state index in [1.807, 2.05) is 36.4 Å². The van der Waals surface area contributed by atoms with Crippen LogP contribution in [0.5, 0.6) is 11.5 Å². The molecule has 1 unspecified atom stereocenters. The van der Waals surface area contributed by atoms with Crippen LogP contribution in [0.1, 0.15) is 29.7 Å². The first-order valence-corrected chi connectivity index (χ1v) is 8.58. The highest BCUT2D eigenvalue weighted by Gasteiger charge is 2.37. The van der Waals surface area contributed by atoms with Gasteiger partial charge in [-0.05, 0) is 41.0 Å². The summed E-state index contributed by atoms with van der Waals surface area (Å²) in [6.45, 7) is 1.41. The number of rotatable bonds is 3. The van der Waals surface area contributed by atoms with E-state index in [1.165, 1.54) is 11.8 Å². The van der Waals surface area contributed by atoms with Crippen LogP contribution < -0.4 is 9.47 Å². The standard InChI is InChI=1S/C19H18BrNO4/c1-11(22)21-18(23)9-13-8-16(24-2)17(25-3)10-15(13)19(21)12-4-6-14(20)7-5-12/h4-8,10,19H,9H2,1-3H3. The van der Waals surface area contributed by atoms with Crippen molar-refractivity contribution in [3.8, 4) is 11.5 Å². The second kappa shape index (κ2) is 6.88. The molecule has 130 valence electrons. The molecule has 5 nitrogen and oxygen atoms in total. The van der Waals surface area contributed by atoms with Crippen LogP contribution >= 0.6 is 15.9 Å². The van der Waals surface area contributed by atoms with Crippen LogP contribution in [0, 0.1) is 0 Å². The van der Waals surface area contributed by atoms with Gasteiger partial charge in [0.05, 0.1) is 26.7 Å². The molecule has 1 heterocycles. The van der Waals surface area contributed by atoms with Gasteiger partial charge in [-0.3, -0.25) is 14.5 Å². The number of nitrogens with zero attached hydrogens (tertiary/aromatic N) is 1. The number of benzene rings is 2. The van der Waals surface area contributed by atoms with Crippen LogP contribution in [0.3, 0.4) is 0 Å². The first-order chi connectivity index (χ1) is 12.0. The molecule has 2 aromatic carbocycles. The number of imide groups is 1. The zero-order valence-corrected chi connectivity index (χ0v) is 15.8. The van der Waals surface area contributed by atoms with E-state index in [-0.39, 0.29) is 18.2 Å². The zero-order valence-electron chi connectivity index (χ0n) is 14.2. The molecule has 0 aliphatic carbocycles. The summed E-state index contributed by atoms with van der Waals surface area (Å²) in [5.41, 5.74) is 2.57. The Morgan fingerprint density at radius 3 is 2.28 bits per heavy atom. The molecule has 0 N–H and O–H groups in total. The van der Waals surface area contributed by atoms with E-state index in [0.717, 1.165) is 21.2 Å². The summed E-state index contributed by atoms with van der Waals surface area (Å²) < 4.78 is 11.7. The zero-order chi connectivity index (χ0) is 18.1. The minimum atomic E-state index is -0.485. The number of fused-ring (bicyclic) bond motifs is 1. The molecule has 1 aliphatic rings. The maximum absolute atomic E-state index is 12.6. The van der Waals surface area contributed by atoms with Crippen molar-refractivity contribution in [1.82, 2.24) is 4.90 Å². The van der Waals surface area contributed by atoms with Gasteiger partial charge < -0.3 is 9.47 Å². The highest BCUT2D eigenvalue weighted by molar-refractivity contribution is 9.10. The Morgan fingerprint density at radius 2 is 1.72 bits per heavy atom. The highest BCUT2D eigenvalue weighted by Crippen LogP contribution is 2.41. The molecule has 1 atom stereocenters. The third-order valence-corrected chi connectivity index (χ3v) is 4.86. The second-order valence-corrected chi connectivity index (χ2v) is 6.74. The fourth-order valence-electron chi connectivity index (χ4n) is 3.21. The molecule has 0 fully saturated rings. The molecule has 0 saturated carbocycles. The molecule has 0 bridgehead atoms. The van der Waals surface area contributed by atoms with E-state index < -0.39 is 6.04 Å². The van der Waals surface area contributed by atoms with Gasteiger partial charge in [0, 0.05) is 11.4 Å². The van der Waals surface area contributed by atoms with Gasteiger partial charge in [0.2, 0.25) is 11.8 Å². The molecular formula is C19H18BrNO4. The highest BCUT2D eigenvalue weighted by atomic mass is 79.9. The molecule has 0 spiro atoms. The summed E-state index contributed by atoms with van der Waals surface area (Å²) >= 11 is 3.41. The number of hydrogen-bond donors (Lipinski definition) is 0. The van der Waals surface area contributed by atoms with Crippen LogP contribution in [0.4, 0.5) is 0 Å². The first-order valence-electron chi connectivity index (χ1n) is 7.79. The van der Waals surface area contributed by atoms with Gasteiger partial charge in [0.25, 0.3) is 0 Å². The SMILES string of the molecule is COc1cc2c(cc1OC)C(c1ccc(Br)cc1)N(C(C)=O)C(=O)C2. The molecule has 3 rings (SSSR count). The van der Waals surface area contributed by atoms with Crippen LogP contribution in [0.25, 0.3) is 0 Å². The number of ether oxygens (including phenoxy) is 2. The summed E-state index contributed by atoms with van der Waals surface area (Å²) in [7, 11) is 3.12. The van der Waals surface area contributed by atoms with Gasteiger partial charge in [-0.15, -0.1) is 0 Å². The molecular weight excluding hydrogens is 386 g/mol. The van der Waals surface area contributed by atoms with Crippen LogP contribution in [-0.2, 0) is 16.0 Å². The average Bonchev–Trinajstić information content (AvgIpc) is 2.59. The lowest BCUT2D eigenvalue weighted by molar-refractivity contribution is -0.146. The third-order valence-electron chi connectivity index (χ3n) is 4.33. The second-order valence-electron chi connectivity index (χ2n) is 5.82. The fraction of sp³-hybridized carbons (Fsp3) is 0.263. The van der Waals surface area contributed by atoms with Crippen LogP contribution in [0.2, 0.25) is 0 Å². The Morgan fingerprint density at radius 1 is 1.12 bits per heavy atom. The lowest BCUT2D eigenvalue weighted by atomic mass is 9.87. The predicted octanol–water partition coefficient (Wildman–Crippen LogP) is 3.49. The Labute approximate surface area is 154 Å². The predicted molar refractivity (Wildman–Crippen MR) is 96.8 cm³/mol. The van der Waals surface area contributed by atoms with Crippen molar-refractivity contribution >= 4 is 27.7 Å². The number of carbonyl (C=O) groups is 2. The number of hydrogen-bond acceptors (Lipinski definition) is 4. The van der Waals surface area contributed by atoms with Crippen molar-refractivity contribution < 1.29 is 19.1 Å². The number of carbonyl (C=O) groups excluding carboxylic acids is 2. The van der Waals surface area contributed by atoms with Gasteiger partial charge in [-0.1, -0.05) is 28.1 Å². The largest absolute Gasteiger partial charge is 0.493 e. The molecule has 25 heavy (non-hydrogen) atoms. The minimum Gasteiger partial charge on any atom is -0.493 e. The summed E-state index contributed by atoms with van der Waals surface area (Å²) in [6, 6.07) is 10.8. The van der Waals surface area contributed by atoms with Gasteiger partial charge in [0.1, 0.15) is 0 Å². The quantitative estimate of drug-likeness (QED) is 0.786. The number of halogens is 1. The smallest absolute Gasteiger partial charge is 0.234 e. The number of amides is 2. The Kier molecular flexibility index (Phi) is 4.81.